The summed E-state index contributed by atoms with van der Waals surface area (Å²) in [6, 6.07) is 0. The number of rotatable bonds is 3. The third-order valence-electron chi connectivity index (χ3n) is 9.13. The Kier molecular flexibility index (Phi) is 4.92. The third-order valence-corrected chi connectivity index (χ3v) is 9.13. The first-order chi connectivity index (χ1) is 12.0. The fourth-order valence-electron chi connectivity index (χ4n) is 7.95. The number of hydrogen-bond acceptors (Lipinski definition) is 2. The molecule has 0 aliphatic heterocycles. The van der Waals surface area contributed by atoms with Crippen molar-refractivity contribution in [3.05, 3.63) is 0 Å². The first kappa shape index (κ1) is 17.9. The highest BCUT2D eigenvalue weighted by Gasteiger charge is 2.56. The van der Waals surface area contributed by atoms with Crippen molar-refractivity contribution in [1.29, 1.82) is 0 Å². The van der Waals surface area contributed by atoms with E-state index >= 15 is 0 Å². The summed E-state index contributed by atoms with van der Waals surface area (Å²) in [5.74, 6) is 6.49. The lowest BCUT2D eigenvalue weighted by molar-refractivity contribution is -0.146. The first-order valence-electron chi connectivity index (χ1n) is 11.2. The molecule has 4 aliphatic rings. The Morgan fingerprint density at radius 2 is 1.80 bits per heavy atom. The Morgan fingerprint density at radius 3 is 2.60 bits per heavy atom. The molecule has 0 aromatic carbocycles. The van der Waals surface area contributed by atoms with Gasteiger partial charge < -0.3 is 4.74 Å². The summed E-state index contributed by atoms with van der Waals surface area (Å²) in [5, 5.41) is 0. The number of fused-ring (bicyclic) bond motifs is 5. The summed E-state index contributed by atoms with van der Waals surface area (Å²) < 4.78 is 5.28. The quantitative estimate of drug-likeness (QED) is 0.600. The van der Waals surface area contributed by atoms with E-state index in [2.05, 4.69) is 13.8 Å². The van der Waals surface area contributed by atoms with Gasteiger partial charge in [0.25, 0.3) is 0 Å². The maximum atomic E-state index is 12.1. The number of ether oxygens (including phenoxy) is 1. The zero-order chi connectivity index (χ0) is 17.6. The van der Waals surface area contributed by atoms with Crippen molar-refractivity contribution in [2.24, 2.45) is 46.8 Å². The van der Waals surface area contributed by atoms with E-state index in [-0.39, 0.29) is 5.97 Å². The van der Waals surface area contributed by atoms with Crippen LogP contribution in [0.25, 0.3) is 0 Å². The smallest absolute Gasteiger partial charge is 0.306 e. The standard InChI is InChI=1S/C23H38O2/c1-4-25-22(24)14-17-7-10-21-20-9-6-16-13-15(2)5-8-18(16)19(20)11-12-23(17,21)3/h15-21H,4-14H2,1-3H3/t15-,16+,17?,18-,19?,20+,21?,23+/m0/s1. The van der Waals surface area contributed by atoms with Gasteiger partial charge in [-0.3, -0.25) is 4.79 Å². The van der Waals surface area contributed by atoms with Crippen molar-refractivity contribution >= 4 is 5.97 Å². The van der Waals surface area contributed by atoms with Crippen LogP contribution in [0.5, 0.6) is 0 Å². The monoisotopic (exact) mass is 346 g/mol. The van der Waals surface area contributed by atoms with Crippen LogP contribution in [-0.4, -0.2) is 12.6 Å². The fraction of sp³-hybridized carbons (Fsp3) is 0.957. The largest absolute Gasteiger partial charge is 0.466 e. The Labute approximate surface area is 154 Å². The molecule has 4 rings (SSSR count). The zero-order valence-corrected chi connectivity index (χ0v) is 16.6. The number of carbonyl (C=O) groups is 1. The summed E-state index contributed by atoms with van der Waals surface area (Å²) in [4.78, 5) is 12.1. The lowest BCUT2D eigenvalue weighted by Crippen LogP contribution is -2.48. The molecular formula is C23H38O2. The molecule has 142 valence electrons. The minimum atomic E-state index is 0.0430. The van der Waals surface area contributed by atoms with E-state index < -0.39 is 0 Å². The lowest BCUT2D eigenvalue weighted by atomic mass is 9.49. The number of esters is 1. The van der Waals surface area contributed by atoms with E-state index in [4.69, 9.17) is 4.74 Å². The van der Waals surface area contributed by atoms with Crippen LogP contribution >= 0.6 is 0 Å². The maximum absolute atomic E-state index is 12.1. The number of hydrogen-bond donors (Lipinski definition) is 0. The van der Waals surface area contributed by atoms with Gasteiger partial charge >= 0.3 is 5.97 Å². The Hall–Kier alpha value is -0.530. The lowest BCUT2D eigenvalue weighted by Gasteiger charge is -2.56. The third kappa shape index (κ3) is 3.06. The van der Waals surface area contributed by atoms with Crippen molar-refractivity contribution in [3.8, 4) is 0 Å². The van der Waals surface area contributed by atoms with Gasteiger partial charge in [-0.25, -0.2) is 0 Å². The highest BCUT2D eigenvalue weighted by molar-refractivity contribution is 5.69. The number of carbonyl (C=O) groups excluding carboxylic acids is 1. The van der Waals surface area contributed by atoms with Crippen LogP contribution in [0.15, 0.2) is 0 Å². The molecule has 3 unspecified atom stereocenters. The highest BCUT2D eigenvalue weighted by Crippen LogP contribution is 2.64. The van der Waals surface area contributed by atoms with Crippen molar-refractivity contribution in [1.82, 2.24) is 0 Å². The van der Waals surface area contributed by atoms with Crippen molar-refractivity contribution in [2.45, 2.75) is 85.0 Å². The molecule has 4 saturated carbocycles. The highest BCUT2D eigenvalue weighted by atomic mass is 16.5. The molecule has 8 atom stereocenters. The molecule has 0 aromatic rings. The van der Waals surface area contributed by atoms with Crippen molar-refractivity contribution in [2.75, 3.05) is 6.61 Å². The first-order valence-corrected chi connectivity index (χ1v) is 11.2. The molecular weight excluding hydrogens is 308 g/mol. The average Bonchev–Trinajstić information content (AvgIpc) is 2.91. The zero-order valence-electron chi connectivity index (χ0n) is 16.6. The topological polar surface area (TPSA) is 26.3 Å². The van der Waals surface area contributed by atoms with Crippen LogP contribution in [0, 0.1) is 46.8 Å². The summed E-state index contributed by atoms with van der Waals surface area (Å²) >= 11 is 0. The average molecular weight is 347 g/mol. The predicted molar refractivity (Wildman–Crippen MR) is 101 cm³/mol. The molecule has 0 N–H and O–H groups in total. The van der Waals surface area contributed by atoms with Gasteiger partial charge in [0.2, 0.25) is 0 Å². The summed E-state index contributed by atoms with van der Waals surface area (Å²) in [5.41, 5.74) is 0.405. The SMILES string of the molecule is CCOC(=O)CC1CCC2[C@@H]3CC[C@@H]4C[C@@H](C)CC[C@@H]4C3CC[C@]12C. The van der Waals surface area contributed by atoms with E-state index in [9.17, 15) is 4.79 Å². The molecule has 4 aliphatic carbocycles. The Bertz CT molecular complexity index is 500. The molecule has 0 bridgehead atoms. The molecule has 2 heteroatoms. The van der Waals surface area contributed by atoms with Crippen LogP contribution in [0.1, 0.15) is 85.0 Å². The minimum absolute atomic E-state index is 0.0430. The molecule has 25 heavy (non-hydrogen) atoms. The van der Waals surface area contributed by atoms with Crippen LogP contribution in [-0.2, 0) is 9.53 Å². The summed E-state index contributed by atoms with van der Waals surface area (Å²) in [6.07, 6.45) is 13.5. The molecule has 0 aromatic heterocycles. The van der Waals surface area contributed by atoms with Gasteiger partial charge in [0.05, 0.1) is 6.61 Å². The summed E-state index contributed by atoms with van der Waals surface area (Å²) in [7, 11) is 0. The maximum Gasteiger partial charge on any atom is 0.306 e. The van der Waals surface area contributed by atoms with E-state index in [1.54, 1.807) is 0 Å². The van der Waals surface area contributed by atoms with Crippen molar-refractivity contribution < 1.29 is 9.53 Å². The van der Waals surface area contributed by atoms with Gasteiger partial charge in [0, 0.05) is 6.42 Å². The van der Waals surface area contributed by atoms with Crippen LogP contribution in [0.4, 0.5) is 0 Å². The van der Waals surface area contributed by atoms with Gasteiger partial charge in [0.1, 0.15) is 0 Å². The van der Waals surface area contributed by atoms with Crippen LogP contribution in [0.3, 0.4) is 0 Å². The molecule has 2 nitrogen and oxygen atoms in total. The Morgan fingerprint density at radius 1 is 1.00 bits per heavy atom. The predicted octanol–water partition coefficient (Wildman–Crippen LogP) is 5.84. The molecule has 0 heterocycles. The molecule has 0 radical (unpaired) electrons. The normalized spacial score (nSPS) is 49.0. The van der Waals surface area contributed by atoms with Crippen LogP contribution < -0.4 is 0 Å². The second-order valence-electron chi connectivity index (χ2n) is 10.2. The minimum Gasteiger partial charge on any atom is -0.466 e. The molecule has 0 spiro atoms. The summed E-state index contributed by atoms with van der Waals surface area (Å²) in [6.45, 7) is 7.45. The molecule has 4 fully saturated rings. The molecule has 0 amide bonds. The van der Waals surface area contributed by atoms with Gasteiger partial charge in [-0.2, -0.15) is 0 Å². The Balaban J connectivity index is 1.47. The van der Waals surface area contributed by atoms with E-state index in [1.165, 1.54) is 57.8 Å². The van der Waals surface area contributed by atoms with Gasteiger partial charge in [-0.05, 0) is 105 Å². The molecule has 0 saturated heterocycles. The van der Waals surface area contributed by atoms with Gasteiger partial charge in [-0.15, -0.1) is 0 Å². The fourth-order valence-corrected chi connectivity index (χ4v) is 7.95. The van der Waals surface area contributed by atoms with Gasteiger partial charge in [-0.1, -0.05) is 20.3 Å². The second kappa shape index (κ2) is 6.89. The van der Waals surface area contributed by atoms with Gasteiger partial charge in [0.15, 0.2) is 0 Å². The van der Waals surface area contributed by atoms with Crippen LogP contribution in [0.2, 0.25) is 0 Å². The van der Waals surface area contributed by atoms with Crippen molar-refractivity contribution in [3.63, 3.8) is 0 Å². The van der Waals surface area contributed by atoms with E-state index in [0.717, 1.165) is 35.5 Å². The second-order valence-corrected chi connectivity index (χ2v) is 10.2. The van der Waals surface area contributed by atoms with E-state index in [1.807, 2.05) is 6.92 Å². The van der Waals surface area contributed by atoms with E-state index in [0.29, 0.717) is 24.4 Å².